The van der Waals surface area contributed by atoms with Crippen LogP contribution in [0.5, 0.6) is 0 Å². The molecule has 10 N–H and O–H groups in total. The SMILES string of the molecule is CNc1cc(-n2nc(C)cc2Nc2cc(NC(=O)c3cc(NC)nc(C(F)(F)F)c3)ccc2C)ncn1.CNc1cc(NN)ncn1.Cc1ccc(NC(=O)c2cc(N3CCN(C)CC3=O)cc(C(F)(F)F)c2)cc1NC(C)C. The fourth-order valence-corrected chi connectivity index (χ4v) is 7.54. The van der Waals surface area contributed by atoms with Gasteiger partial charge in [0.1, 0.15) is 47.4 Å². The molecule has 0 spiro atoms. The number of pyridine rings is 1. The van der Waals surface area contributed by atoms with Crippen molar-refractivity contribution in [2.75, 3.05) is 95.4 Å². The van der Waals surface area contributed by atoms with Gasteiger partial charge in [-0.05, 0) is 107 Å². The summed E-state index contributed by atoms with van der Waals surface area (Å²) in [6.07, 6.45) is -6.49. The number of carbonyl (C=O) groups is 3. The third-order valence-corrected chi connectivity index (χ3v) is 11.6. The molecule has 1 aliphatic heterocycles. The summed E-state index contributed by atoms with van der Waals surface area (Å²) in [5, 5.41) is 24.7. The number of anilines is 10. The molecule has 8 rings (SSSR count). The quantitative estimate of drug-likeness (QED) is 0.0280. The molecular formula is C52H60F6N18O3. The van der Waals surface area contributed by atoms with Gasteiger partial charge in [-0.1, -0.05) is 12.1 Å². The Labute approximate surface area is 451 Å². The van der Waals surface area contributed by atoms with E-state index in [1.165, 1.54) is 36.7 Å². The number of benzene rings is 3. The predicted molar refractivity (Wildman–Crippen MR) is 293 cm³/mol. The lowest BCUT2D eigenvalue weighted by atomic mass is 10.1. The number of amides is 3. The number of likely N-dealkylation sites (N-methyl/N-ethyl adjacent to an activating group) is 1. The molecule has 1 fully saturated rings. The van der Waals surface area contributed by atoms with Crippen LogP contribution in [0.25, 0.3) is 5.82 Å². The van der Waals surface area contributed by atoms with Gasteiger partial charge >= 0.3 is 12.4 Å². The number of nitrogens with one attached hydrogen (secondary N) is 8. The molecule has 1 aliphatic rings. The summed E-state index contributed by atoms with van der Waals surface area (Å²) in [6, 6.07) is 20.8. The van der Waals surface area contributed by atoms with E-state index in [2.05, 4.69) is 72.7 Å². The minimum atomic E-state index is -4.69. The summed E-state index contributed by atoms with van der Waals surface area (Å²) in [7, 11) is 6.72. The lowest BCUT2D eigenvalue weighted by Crippen LogP contribution is -2.49. The lowest BCUT2D eigenvalue weighted by Gasteiger charge is -2.32. The third kappa shape index (κ3) is 16.2. The molecule has 0 aliphatic carbocycles. The van der Waals surface area contributed by atoms with Gasteiger partial charge in [0, 0.05) is 98.0 Å². The van der Waals surface area contributed by atoms with Crippen molar-refractivity contribution in [1.82, 2.24) is 39.6 Å². The van der Waals surface area contributed by atoms with Crippen LogP contribution in [0.2, 0.25) is 0 Å². The number of piperazine rings is 1. The highest BCUT2D eigenvalue weighted by Gasteiger charge is 2.35. The van der Waals surface area contributed by atoms with Gasteiger partial charge in [0.2, 0.25) is 5.91 Å². The first-order valence-electron chi connectivity index (χ1n) is 24.3. The number of aromatic nitrogens is 7. The van der Waals surface area contributed by atoms with Crippen LogP contribution in [-0.2, 0) is 17.1 Å². The Kier molecular flexibility index (Phi) is 19.3. The average Bonchev–Trinajstić information content (AvgIpc) is 3.87. The van der Waals surface area contributed by atoms with Crippen LogP contribution in [0.15, 0.2) is 97.6 Å². The van der Waals surface area contributed by atoms with Crippen LogP contribution in [-0.4, -0.2) is 111 Å². The molecule has 418 valence electrons. The number of hydrogen-bond acceptors (Lipinski definition) is 17. The molecule has 0 bridgehead atoms. The van der Waals surface area contributed by atoms with Crippen molar-refractivity contribution in [2.24, 2.45) is 5.84 Å². The highest BCUT2D eigenvalue weighted by molar-refractivity contribution is 6.06. The Balaban J connectivity index is 0.000000218. The fraction of sp³-hybridized carbons (Fsp3) is 0.288. The largest absolute Gasteiger partial charge is 0.433 e. The van der Waals surface area contributed by atoms with E-state index in [0.29, 0.717) is 52.9 Å². The number of aryl methyl sites for hydroxylation is 3. The zero-order valence-electron chi connectivity index (χ0n) is 44.5. The number of hydrazine groups is 1. The number of nitrogens with two attached hydrogens (primary N) is 1. The highest BCUT2D eigenvalue weighted by Crippen LogP contribution is 2.35. The smallest absolute Gasteiger partial charge is 0.383 e. The van der Waals surface area contributed by atoms with Gasteiger partial charge in [0.15, 0.2) is 5.82 Å². The maximum atomic E-state index is 13.5. The number of halogens is 6. The van der Waals surface area contributed by atoms with Crippen LogP contribution in [0.4, 0.5) is 83.9 Å². The van der Waals surface area contributed by atoms with E-state index in [1.54, 1.807) is 73.2 Å². The Bertz CT molecular complexity index is 3260. The molecule has 0 saturated carbocycles. The summed E-state index contributed by atoms with van der Waals surface area (Å²) in [5.74, 6) is 6.45. The van der Waals surface area contributed by atoms with E-state index >= 15 is 0 Å². The Morgan fingerprint density at radius 2 is 1.24 bits per heavy atom. The minimum Gasteiger partial charge on any atom is -0.383 e. The maximum absolute atomic E-state index is 13.5. The van der Waals surface area contributed by atoms with Gasteiger partial charge < -0.3 is 47.5 Å². The minimum absolute atomic E-state index is 0.0640. The van der Waals surface area contributed by atoms with E-state index < -0.39 is 35.4 Å². The Morgan fingerprint density at radius 3 is 1.82 bits per heavy atom. The second kappa shape index (κ2) is 25.8. The first-order chi connectivity index (χ1) is 37.4. The lowest BCUT2D eigenvalue weighted by molar-refractivity contribution is -0.141. The molecule has 1 saturated heterocycles. The molecule has 5 heterocycles. The highest BCUT2D eigenvalue weighted by atomic mass is 19.4. The Morgan fingerprint density at radius 1 is 0.658 bits per heavy atom. The van der Waals surface area contributed by atoms with Gasteiger partial charge in [-0.25, -0.2) is 30.8 Å². The topological polar surface area (TPSA) is 262 Å². The maximum Gasteiger partial charge on any atom is 0.433 e. The molecule has 3 aromatic carbocycles. The summed E-state index contributed by atoms with van der Waals surface area (Å²) in [4.78, 5) is 60.8. The van der Waals surface area contributed by atoms with Crippen LogP contribution < -0.4 is 53.4 Å². The van der Waals surface area contributed by atoms with Gasteiger partial charge in [-0.15, -0.1) is 0 Å². The molecule has 3 amide bonds. The molecule has 21 nitrogen and oxygen atoms in total. The van der Waals surface area contributed by atoms with E-state index in [1.807, 2.05) is 46.8 Å². The van der Waals surface area contributed by atoms with Crippen molar-refractivity contribution in [3.63, 3.8) is 0 Å². The zero-order chi connectivity index (χ0) is 57.8. The van der Waals surface area contributed by atoms with Crippen LogP contribution in [0.3, 0.4) is 0 Å². The molecule has 0 unspecified atom stereocenters. The van der Waals surface area contributed by atoms with Gasteiger partial charge in [-0.2, -0.15) is 36.1 Å². The van der Waals surface area contributed by atoms with Crippen LogP contribution in [0, 0.1) is 20.8 Å². The molecule has 7 aromatic rings. The first kappa shape index (κ1) is 59.1. The van der Waals surface area contributed by atoms with E-state index in [4.69, 9.17) is 5.84 Å². The van der Waals surface area contributed by atoms with Crippen LogP contribution in [0.1, 0.15) is 62.6 Å². The monoisotopic (exact) mass is 1100 g/mol. The van der Waals surface area contributed by atoms with Crippen LogP contribution >= 0.6 is 0 Å². The van der Waals surface area contributed by atoms with Crippen molar-refractivity contribution < 1.29 is 40.7 Å². The van der Waals surface area contributed by atoms with Crippen molar-refractivity contribution in [3.8, 4) is 5.82 Å². The third-order valence-electron chi connectivity index (χ3n) is 11.6. The zero-order valence-corrected chi connectivity index (χ0v) is 44.5. The van der Waals surface area contributed by atoms with Crippen molar-refractivity contribution >= 4 is 75.2 Å². The second-order valence-corrected chi connectivity index (χ2v) is 18.1. The molecule has 0 atom stereocenters. The molecular weight excluding hydrogens is 1040 g/mol. The molecule has 27 heteroatoms. The van der Waals surface area contributed by atoms with E-state index in [0.717, 1.165) is 40.5 Å². The number of carbonyl (C=O) groups excluding carboxylic acids is 3. The van der Waals surface area contributed by atoms with E-state index in [-0.39, 0.29) is 47.7 Å². The number of rotatable bonds is 14. The summed E-state index contributed by atoms with van der Waals surface area (Å²) >= 11 is 0. The second-order valence-electron chi connectivity index (χ2n) is 18.1. The van der Waals surface area contributed by atoms with Gasteiger partial charge in [-0.3, -0.25) is 19.3 Å². The number of hydrogen-bond donors (Lipinski definition) is 9. The van der Waals surface area contributed by atoms with Gasteiger partial charge in [0.25, 0.3) is 11.8 Å². The summed E-state index contributed by atoms with van der Waals surface area (Å²) in [6.45, 7) is 10.5. The normalized spacial score (nSPS) is 12.6. The summed E-state index contributed by atoms with van der Waals surface area (Å²) in [5.41, 5.74) is 4.90. The molecule has 0 radical (unpaired) electrons. The first-order valence-corrected chi connectivity index (χ1v) is 24.3. The number of alkyl halides is 6. The summed E-state index contributed by atoms with van der Waals surface area (Å²) < 4.78 is 81.9. The fourth-order valence-electron chi connectivity index (χ4n) is 7.54. The van der Waals surface area contributed by atoms with Gasteiger partial charge in [0.05, 0.1) is 17.8 Å². The van der Waals surface area contributed by atoms with Crippen molar-refractivity contribution in [1.29, 1.82) is 0 Å². The number of nitrogens with zero attached hydrogens (tertiary/aromatic N) is 9. The molecule has 4 aromatic heterocycles. The van der Waals surface area contributed by atoms with Crippen molar-refractivity contribution in [2.45, 2.75) is 53.0 Å². The van der Waals surface area contributed by atoms with Crippen molar-refractivity contribution in [3.05, 3.63) is 137 Å². The standard InChI is InChI=1S/C24H24F3N9O.C23H27F3N4O2.C5H9N5/c1-13-5-6-16(32-23(37)15-8-18(24(25,26)27)34-20(9-15)29-4)10-17(13)33-22-7-14(2)35-36(22)21-11-19(28-3)30-12-31-21;1-14(2)27-20-12-18(6-5-15(20)3)28-22(32)16-9-17(23(24,25)26)11-19(10-16)30-8-7-29(4)13-21(30)31;1-7-4-2-5(10-6)9-3-8-4/h5-12,33H,1-4H3,(H,29,34)(H,32,37)(H,28,30,31);5-6,9-12,14,27H,7-8,13H2,1-4H3,(H,28,32);2-3H,6H2,1H3,(H2,7,8,9,10). The average molecular weight is 1100 g/mol. The number of nitrogen functional groups attached to an aromatic ring is 1. The molecule has 79 heavy (non-hydrogen) atoms. The predicted octanol–water partition coefficient (Wildman–Crippen LogP) is 8.94. The van der Waals surface area contributed by atoms with E-state index in [9.17, 15) is 40.7 Å². The Hall–Kier alpha value is -9.11.